The highest BCUT2D eigenvalue weighted by atomic mass is 31.2. The number of hydrogen-bond acceptors (Lipinski definition) is 12. The second kappa shape index (κ2) is 12.2. The summed E-state index contributed by atoms with van der Waals surface area (Å²) in [7, 11) is -0.905. The number of nitrogens with two attached hydrogens (primary N) is 1. The quantitative estimate of drug-likeness (QED) is 0.165. The van der Waals surface area contributed by atoms with Gasteiger partial charge in [0, 0.05) is 14.1 Å². The van der Waals surface area contributed by atoms with Gasteiger partial charge in [0.25, 0.3) is 0 Å². The molecular formula is C26H33FN7O7P. The average Bonchev–Trinajstić information content (AvgIpc) is 3.45. The minimum Gasteiger partial charge on any atom is -0.462 e. The topological polar surface area (TPSA) is 176 Å². The van der Waals surface area contributed by atoms with E-state index < -0.39 is 56.6 Å². The molecular weight excluding hydrogens is 572 g/mol. The van der Waals surface area contributed by atoms with Crippen molar-refractivity contribution in [2.24, 2.45) is 0 Å². The molecule has 2 aromatic heterocycles. The van der Waals surface area contributed by atoms with E-state index in [2.05, 4.69) is 20.0 Å². The molecule has 0 spiro atoms. The molecule has 3 aromatic rings. The first kappa shape index (κ1) is 31.1. The van der Waals surface area contributed by atoms with E-state index in [1.807, 2.05) is 5.92 Å². The van der Waals surface area contributed by atoms with Crippen molar-refractivity contribution >= 4 is 36.6 Å². The molecule has 6 atom stereocenters. The fraction of sp³-hybridized carbons (Fsp3) is 0.462. The van der Waals surface area contributed by atoms with Gasteiger partial charge in [-0.1, -0.05) is 24.1 Å². The first-order valence-corrected chi connectivity index (χ1v) is 14.5. The molecule has 1 aromatic carbocycles. The molecule has 4 N–H and O–H groups in total. The largest absolute Gasteiger partial charge is 0.462 e. The molecule has 0 amide bonds. The van der Waals surface area contributed by atoms with E-state index in [-0.39, 0.29) is 17.3 Å². The lowest BCUT2D eigenvalue weighted by atomic mass is 9.97. The third-order valence-electron chi connectivity index (χ3n) is 6.20. The van der Waals surface area contributed by atoms with Gasteiger partial charge >= 0.3 is 13.7 Å². The van der Waals surface area contributed by atoms with Crippen LogP contribution in [0.5, 0.6) is 5.75 Å². The molecule has 0 bridgehead atoms. The Morgan fingerprint density at radius 3 is 2.64 bits per heavy atom. The molecule has 3 heterocycles. The van der Waals surface area contributed by atoms with E-state index in [9.17, 15) is 14.5 Å². The number of aromatic nitrogens is 4. The third kappa shape index (κ3) is 6.33. The fourth-order valence-electron chi connectivity index (χ4n) is 4.22. The van der Waals surface area contributed by atoms with E-state index in [4.69, 9.17) is 30.7 Å². The second-order valence-electron chi connectivity index (χ2n) is 10.0. The SMILES string of the molecule is C#C[C@@]1(F)C(O)[C@@H](COP(=O)(N[C@@H](C)C(=O)OC(C)C)Oc2ccccc2)O[C@H]1n1cnc2c(N(C)C)nc(N)nc21. The number of para-hydroxylation sites is 1. The van der Waals surface area contributed by atoms with Gasteiger partial charge < -0.3 is 29.7 Å². The Morgan fingerprint density at radius 1 is 1.33 bits per heavy atom. The van der Waals surface area contributed by atoms with Gasteiger partial charge in [-0.2, -0.15) is 15.1 Å². The summed E-state index contributed by atoms with van der Waals surface area (Å²) in [5.41, 5.74) is 3.49. The molecule has 2 unspecified atom stereocenters. The number of imidazole rings is 1. The molecule has 0 radical (unpaired) electrons. The van der Waals surface area contributed by atoms with Crippen LogP contribution in [0.15, 0.2) is 36.7 Å². The maximum absolute atomic E-state index is 16.2. The standard InChI is InChI=1S/C26H33FN7O7P/c1-7-26(27)20(35)18(40-24(26)34-14-29-19-21(33(5)6)30-25(28)31-22(19)34)13-38-42(37,41-17-11-9-8-10-12-17)32-16(4)23(36)39-15(2)3/h1,8-12,14-16,18,20,24,35H,13H2,2-6H3,(H,32,37)(H2,28,30,31)/t16-,18+,20?,24+,26+,42?/m0/s1. The van der Waals surface area contributed by atoms with Gasteiger partial charge in [-0.05, 0) is 32.9 Å². The maximum atomic E-state index is 16.2. The summed E-state index contributed by atoms with van der Waals surface area (Å²) >= 11 is 0. The van der Waals surface area contributed by atoms with Crippen molar-refractivity contribution < 1.29 is 37.4 Å². The second-order valence-corrected chi connectivity index (χ2v) is 11.7. The molecule has 1 aliphatic rings. The molecule has 1 saturated heterocycles. The molecule has 1 fully saturated rings. The highest BCUT2D eigenvalue weighted by Gasteiger charge is 2.58. The molecule has 1 aliphatic heterocycles. The number of ether oxygens (including phenoxy) is 2. The number of anilines is 2. The molecule has 14 nitrogen and oxygen atoms in total. The van der Waals surface area contributed by atoms with Gasteiger partial charge in [-0.15, -0.1) is 6.42 Å². The van der Waals surface area contributed by atoms with Gasteiger partial charge in [0.1, 0.15) is 24.0 Å². The highest BCUT2D eigenvalue weighted by Crippen LogP contribution is 2.48. The van der Waals surface area contributed by atoms with E-state index in [1.165, 1.54) is 30.0 Å². The first-order chi connectivity index (χ1) is 19.8. The van der Waals surface area contributed by atoms with Crippen LogP contribution in [-0.2, 0) is 23.4 Å². The van der Waals surface area contributed by atoms with Gasteiger partial charge in [-0.25, -0.2) is 13.9 Å². The average molecular weight is 606 g/mol. The monoisotopic (exact) mass is 605 g/mol. The van der Waals surface area contributed by atoms with E-state index in [0.717, 1.165) is 0 Å². The van der Waals surface area contributed by atoms with Crippen molar-refractivity contribution in [2.75, 3.05) is 31.3 Å². The molecule has 0 saturated carbocycles. The zero-order valence-electron chi connectivity index (χ0n) is 23.7. The zero-order valence-corrected chi connectivity index (χ0v) is 24.6. The van der Waals surface area contributed by atoms with Gasteiger partial charge in [0.15, 0.2) is 23.2 Å². The van der Waals surface area contributed by atoms with Gasteiger partial charge in [0.05, 0.1) is 19.0 Å². The lowest BCUT2D eigenvalue weighted by Crippen LogP contribution is -2.42. The highest BCUT2D eigenvalue weighted by molar-refractivity contribution is 7.52. The van der Waals surface area contributed by atoms with Crippen LogP contribution in [0, 0.1) is 12.3 Å². The number of alkyl halides is 1. The number of nitrogens with one attached hydrogen (secondary N) is 1. The number of hydrogen-bond donors (Lipinski definition) is 3. The minimum absolute atomic E-state index is 0.105. The van der Waals surface area contributed by atoms with E-state index in [1.54, 1.807) is 51.0 Å². The number of halogens is 1. The third-order valence-corrected chi connectivity index (χ3v) is 7.84. The number of aliphatic hydroxyl groups is 1. The summed E-state index contributed by atoms with van der Waals surface area (Å²) in [4.78, 5) is 26.7. The number of nitrogen functional groups attached to an aromatic ring is 1. The van der Waals surface area contributed by atoms with Crippen LogP contribution in [-0.4, -0.2) is 81.3 Å². The molecule has 42 heavy (non-hydrogen) atoms. The summed E-state index contributed by atoms with van der Waals surface area (Å²) in [5.74, 6) is 1.69. The van der Waals surface area contributed by atoms with E-state index >= 15 is 4.39 Å². The number of rotatable bonds is 11. The Bertz CT molecular complexity index is 1520. The van der Waals surface area contributed by atoms with Crippen molar-refractivity contribution in [3.05, 3.63) is 36.7 Å². The Labute approximate surface area is 241 Å². The molecule has 0 aliphatic carbocycles. The van der Waals surface area contributed by atoms with Crippen LogP contribution in [0.3, 0.4) is 0 Å². The first-order valence-electron chi connectivity index (χ1n) is 12.9. The predicted octanol–water partition coefficient (Wildman–Crippen LogP) is 2.21. The van der Waals surface area contributed by atoms with Crippen LogP contribution < -0.4 is 20.2 Å². The van der Waals surface area contributed by atoms with Crippen LogP contribution in [0.25, 0.3) is 11.2 Å². The van der Waals surface area contributed by atoms with Crippen LogP contribution >= 0.6 is 7.75 Å². The number of fused-ring (bicyclic) bond motifs is 1. The number of carbonyl (C=O) groups is 1. The molecule has 16 heteroatoms. The van der Waals surface area contributed by atoms with Crippen LogP contribution in [0.4, 0.5) is 16.2 Å². The summed E-state index contributed by atoms with van der Waals surface area (Å²) in [6.07, 6.45) is 1.36. The fourth-order valence-corrected chi connectivity index (χ4v) is 5.72. The Hall–Kier alpha value is -3.80. The van der Waals surface area contributed by atoms with Crippen molar-refractivity contribution in [1.82, 2.24) is 24.6 Å². The van der Waals surface area contributed by atoms with Crippen LogP contribution in [0.1, 0.15) is 27.0 Å². The van der Waals surface area contributed by atoms with Gasteiger partial charge in [-0.3, -0.25) is 13.9 Å². The number of terminal acetylenes is 1. The lowest BCUT2D eigenvalue weighted by Gasteiger charge is -2.25. The van der Waals surface area contributed by atoms with Gasteiger partial charge in [0.2, 0.25) is 11.6 Å². The summed E-state index contributed by atoms with van der Waals surface area (Å²) < 4.78 is 53.4. The molecule has 226 valence electrons. The lowest BCUT2D eigenvalue weighted by molar-refractivity contribution is -0.149. The number of esters is 1. The number of aliphatic hydroxyl groups excluding tert-OH is 1. The smallest absolute Gasteiger partial charge is 0.459 e. The van der Waals surface area contributed by atoms with Crippen molar-refractivity contribution in [3.8, 4) is 18.1 Å². The Kier molecular flexibility index (Phi) is 9.05. The maximum Gasteiger partial charge on any atom is 0.459 e. The Morgan fingerprint density at radius 2 is 2.02 bits per heavy atom. The van der Waals surface area contributed by atoms with Crippen molar-refractivity contribution in [1.29, 1.82) is 0 Å². The normalized spacial score (nSPS) is 24.2. The summed E-state index contributed by atoms with van der Waals surface area (Å²) in [6, 6.07) is 6.93. The molecule has 4 rings (SSSR count). The van der Waals surface area contributed by atoms with E-state index in [0.29, 0.717) is 11.3 Å². The van der Waals surface area contributed by atoms with Crippen molar-refractivity contribution in [2.45, 2.75) is 57.0 Å². The number of carbonyl (C=O) groups excluding carboxylic acids is 1. The zero-order chi connectivity index (χ0) is 30.8. The predicted molar refractivity (Wildman–Crippen MR) is 151 cm³/mol. The van der Waals surface area contributed by atoms with Crippen molar-refractivity contribution in [3.63, 3.8) is 0 Å². The minimum atomic E-state index is -4.34. The Balaban J connectivity index is 1.61. The number of benzene rings is 1. The summed E-state index contributed by atoms with van der Waals surface area (Å²) in [6.45, 7) is 4.09. The summed E-state index contributed by atoms with van der Waals surface area (Å²) in [5, 5.41) is 13.5. The number of nitrogens with zero attached hydrogens (tertiary/aromatic N) is 5. The van der Waals surface area contributed by atoms with Crippen LogP contribution in [0.2, 0.25) is 0 Å².